The highest BCUT2D eigenvalue weighted by Gasteiger charge is 2.22. The summed E-state index contributed by atoms with van der Waals surface area (Å²) in [6.45, 7) is 4.62. The van der Waals surface area contributed by atoms with Crippen molar-refractivity contribution in [3.8, 4) is 0 Å². The number of halogens is 1. The molecule has 17 heavy (non-hydrogen) atoms. The van der Waals surface area contributed by atoms with Crippen molar-refractivity contribution in [1.82, 2.24) is 4.98 Å². The average Bonchev–Trinajstić information content (AvgIpc) is 2.33. The summed E-state index contributed by atoms with van der Waals surface area (Å²) in [7, 11) is 0. The number of aromatic nitrogens is 1. The summed E-state index contributed by atoms with van der Waals surface area (Å²) in [5, 5.41) is 3.44. The van der Waals surface area contributed by atoms with E-state index in [9.17, 15) is 4.39 Å². The van der Waals surface area contributed by atoms with Gasteiger partial charge in [0.15, 0.2) is 0 Å². The zero-order valence-corrected chi connectivity index (χ0v) is 10.6. The molecule has 1 aliphatic rings. The maximum Gasteiger partial charge on any atom is 0.212 e. The number of hydrogen-bond acceptors (Lipinski definition) is 2. The van der Waals surface area contributed by atoms with Gasteiger partial charge in [-0.25, -0.2) is 4.98 Å². The first-order chi connectivity index (χ1) is 8.15. The minimum Gasteiger partial charge on any atom is -0.381 e. The molecule has 1 aromatic heterocycles. The molecule has 1 aromatic rings. The Labute approximate surface area is 103 Å². The topological polar surface area (TPSA) is 24.9 Å². The molecule has 0 saturated heterocycles. The molecule has 3 heteroatoms. The van der Waals surface area contributed by atoms with Crippen LogP contribution in [0.5, 0.6) is 0 Å². The Balaban J connectivity index is 1.84. The first-order valence-electron chi connectivity index (χ1n) is 6.53. The standard InChI is InChI=1S/C14H21FN2/c1-10(2)11-3-5-12(6-4-11)17-13-7-8-14(15)16-9-13/h7-12,17H,3-6H2,1-2H3. The van der Waals surface area contributed by atoms with Gasteiger partial charge in [-0.3, -0.25) is 0 Å². The Morgan fingerprint density at radius 3 is 2.47 bits per heavy atom. The molecule has 0 aliphatic heterocycles. The molecule has 0 amide bonds. The SMILES string of the molecule is CC(C)C1CCC(Nc2ccc(F)nc2)CC1. The van der Waals surface area contributed by atoms with Crippen LogP contribution in [0.3, 0.4) is 0 Å². The molecule has 1 aliphatic carbocycles. The summed E-state index contributed by atoms with van der Waals surface area (Å²) in [5.41, 5.74) is 0.930. The quantitative estimate of drug-likeness (QED) is 0.806. The van der Waals surface area contributed by atoms with E-state index in [0.29, 0.717) is 6.04 Å². The predicted molar refractivity (Wildman–Crippen MR) is 68.4 cm³/mol. The fourth-order valence-corrected chi connectivity index (χ4v) is 2.63. The Kier molecular flexibility index (Phi) is 3.97. The normalized spacial score (nSPS) is 24.9. The molecular weight excluding hydrogens is 215 g/mol. The molecule has 0 aromatic carbocycles. The fraction of sp³-hybridized carbons (Fsp3) is 0.643. The van der Waals surface area contributed by atoms with Crippen molar-refractivity contribution in [2.45, 2.75) is 45.6 Å². The fourth-order valence-electron chi connectivity index (χ4n) is 2.63. The number of nitrogens with one attached hydrogen (secondary N) is 1. The molecule has 94 valence electrons. The first kappa shape index (κ1) is 12.3. The zero-order valence-electron chi connectivity index (χ0n) is 10.6. The number of rotatable bonds is 3. The van der Waals surface area contributed by atoms with Gasteiger partial charge in [-0.15, -0.1) is 0 Å². The Morgan fingerprint density at radius 1 is 1.24 bits per heavy atom. The average molecular weight is 236 g/mol. The molecule has 0 radical (unpaired) electrons. The van der Waals surface area contributed by atoms with Crippen LogP contribution in [-0.2, 0) is 0 Å². The van der Waals surface area contributed by atoms with Crippen molar-refractivity contribution in [1.29, 1.82) is 0 Å². The van der Waals surface area contributed by atoms with Gasteiger partial charge in [0, 0.05) is 6.04 Å². The Morgan fingerprint density at radius 2 is 1.94 bits per heavy atom. The van der Waals surface area contributed by atoms with Crippen LogP contribution in [0.25, 0.3) is 0 Å². The van der Waals surface area contributed by atoms with Crippen LogP contribution >= 0.6 is 0 Å². The highest BCUT2D eigenvalue weighted by Crippen LogP contribution is 2.31. The van der Waals surface area contributed by atoms with Crippen LogP contribution in [0.1, 0.15) is 39.5 Å². The molecular formula is C14H21FN2. The number of pyridine rings is 1. The molecule has 1 N–H and O–H groups in total. The van der Waals surface area contributed by atoms with Gasteiger partial charge in [0.25, 0.3) is 0 Å². The minimum absolute atomic E-state index is 0.418. The third kappa shape index (κ3) is 3.42. The monoisotopic (exact) mass is 236 g/mol. The van der Waals surface area contributed by atoms with Gasteiger partial charge < -0.3 is 5.32 Å². The lowest BCUT2D eigenvalue weighted by Gasteiger charge is -2.31. The molecule has 0 bridgehead atoms. The van der Waals surface area contributed by atoms with Gasteiger partial charge in [-0.2, -0.15) is 4.39 Å². The number of hydrogen-bond donors (Lipinski definition) is 1. The number of anilines is 1. The van der Waals surface area contributed by atoms with Crippen molar-refractivity contribution < 1.29 is 4.39 Å². The summed E-state index contributed by atoms with van der Waals surface area (Å²) in [6, 6.07) is 3.69. The Bertz CT molecular complexity index is 340. The van der Waals surface area contributed by atoms with Crippen LogP contribution in [0.15, 0.2) is 18.3 Å². The van der Waals surface area contributed by atoms with Crippen LogP contribution in [0.2, 0.25) is 0 Å². The van der Waals surface area contributed by atoms with E-state index in [-0.39, 0.29) is 0 Å². The van der Waals surface area contributed by atoms with Gasteiger partial charge in [0.05, 0.1) is 11.9 Å². The molecule has 1 saturated carbocycles. The van der Waals surface area contributed by atoms with Gasteiger partial charge in [0.2, 0.25) is 5.95 Å². The maximum atomic E-state index is 12.7. The molecule has 0 unspecified atom stereocenters. The minimum atomic E-state index is -0.418. The van der Waals surface area contributed by atoms with Crippen molar-refractivity contribution >= 4 is 5.69 Å². The Hall–Kier alpha value is -1.12. The summed E-state index contributed by atoms with van der Waals surface area (Å²) >= 11 is 0. The van der Waals surface area contributed by atoms with E-state index < -0.39 is 5.95 Å². The van der Waals surface area contributed by atoms with Gasteiger partial charge in [-0.05, 0) is 49.7 Å². The largest absolute Gasteiger partial charge is 0.381 e. The first-order valence-corrected chi connectivity index (χ1v) is 6.53. The van der Waals surface area contributed by atoms with Crippen molar-refractivity contribution in [3.63, 3.8) is 0 Å². The molecule has 1 heterocycles. The second kappa shape index (κ2) is 5.48. The smallest absolute Gasteiger partial charge is 0.212 e. The van der Waals surface area contributed by atoms with Crippen LogP contribution in [-0.4, -0.2) is 11.0 Å². The van der Waals surface area contributed by atoms with Crippen LogP contribution in [0, 0.1) is 17.8 Å². The predicted octanol–water partition coefficient (Wildman–Crippen LogP) is 3.85. The molecule has 1 fully saturated rings. The molecule has 2 nitrogen and oxygen atoms in total. The lowest BCUT2D eigenvalue weighted by Crippen LogP contribution is -2.27. The van der Waals surface area contributed by atoms with Crippen molar-refractivity contribution in [3.05, 3.63) is 24.3 Å². The van der Waals surface area contributed by atoms with Gasteiger partial charge in [0.1, 0.15) is 0 Å². The molecule has 0 spiro atoms. The van der Waals surface area contributed by atoms with Crippen LogP contribution < -0.4 is 5.32 Å². The molecule has 2 rings (SSSR count). The van der Waals surface area contributed by atoms with E-state index in [1.807, 2.05) is 0 Å². The summed E-state index contributed by atoms with van der Waals surface area (Å²) in [4.78, 5) is 3.66. The second-order valence-electron chi connectivity index (χ2n) is 5.37. The van der Waals surface area contributed by atoms with Crippen molar-refractivity contribution in [2.24, 2.45) is 11.8 Å². The van der Waals surface area contributed by atoms with E-state index in [0.717, 1.165) is 17.5 Å². The maximum absolute atomic E-state index is 12.7. The molecule has 0 atom stereocenters. The highest BCUT2D eigenvalue weighted by atomic mass is 19.1. The van der Waals surface area contributed by atoms with E-state index in [1.54, 1.807) is 12.3 Å². The third-order valence-electron chi connectivity index (χ3n) is 3.81. The second-order valence-corrected chi connectivity index (χ2v) is 5.37. The van der Waals surface area contributed by atoms with Crippen LogP contribution in [0.4, 0.5) is 10.1 Å². The van der Waals surface area contributed by atoms with E-state index >= 15 is 0 Å². The highest BCUT2D eigenvalue weighted by molar-refractivity contribution is 5.41. The third-order valence-corrected chi connectivity index (χ3v) is 3.81. The van der Waals surface area contributed by atoms with E-state index in [4.69, 9.17) is 0 Å². The van der Waals surface area contributed by atoms with E-state index in [1.165, 1.54) is 31.7 Å². The summed E-state index contributed by atoms with van der Waals surface area (Å²) in [5.74, 6) is 1.25. The van der Waals surface area contributed by atoms with Gasteiger partial charge in [-0.1, -0.05) is 13.8 Å². The van der Waals surface area contributed by atoms with E-state index in [2.05, 4.69) is 24.1 Å². The summed E-state index contributed by atoms with van der Waals surface area (Å²) < 4.78 is 12.7. The number of nitrogens with zero attached hydrogens (tertiary/aromatic N) is 1. The van der Waals surface area contributed by atoms with Crippen molar-refractivity contribution in [2.75, 3.05) is 5.32 Å². The zero-order chi connectivity index (χ0) is 12.3. The lowest BCUT2D eigenvalue weighted by atomic mass is 9.80. The summed E-state index contributed by atoms with van der Waals surface area (Å²) in [6.07, 6.45) is 6.58. The lowest BCUT2D eigenvalue weighted by molar-refractivity contribution is 0.267. The van der Waals surface area contributed by atoms with Gasteiger partial charge >= 0.3 is 0 Å².